The zero-order valence-electron chi connectivity index (χ0n) is 9.41. The summed E-state index contributed by atoms with van der Waals surface area (Å²) in [6.07, 6.45) is 2.11. The molecule has 1 saturated heterocycles. The second kappa shape index (κ2) is 4.31. The van der Waals surface area contributed by atoms with Crippen LogP contribution in [-0.2, 0) is 13.6 Å². The summed E-state index contributed by atoms with van der Waals surface area (Å²) < 4.78 is 14.6. The van der Waals surface area contributed by atoms with Crippen molar-refractivity contribution in [3.05, 3.63) is 17.5 Å². The fourth-order valence-electron chi connectivity index (χ4n) is 2.30. The molecule has 15 heavy (non-hydrogen) atoms. The highest BCUT2D eigenvalue weighted by Gasteiger charge is 2.24. The summed E-state index contributed by atoms with van der Waals surface area (Å²) in [6, 6.07) is 2.20. The average Bonchev–Trinajstić information content (AvgIpc) is 2.74. The van der Waals surface area contributed by atoms with Crippen molar-refractivity contribution in [1.29, 1.82) is 0 Å². The van der Waals surface area contributed by atoms with Gasteiger partial charge in [0.1, 0.15) is 6.67 Å². The van der Waals surface area contributed by atoms with Gasteiger partial charge in [0.25, 0.3) is 0 Å². The molecule has 84 valence electrons. The Kier molecular flexibility index (Phi) is 3.05. The third-order valence-corrected chi connectivity index (χ3v) is 3.14. The molecule has 1 aliphatic rings. The van der Waals surface area contributed by atoms with Crippen molar-refractivity contribution < 1.29 is 4.39 Å². The molecule has 1 fully saturated rings. The van der Waals surface area contributed by atoms with Crippen LogP contribution in [0.1, 0.15) is 24.2 Å². The molecular weight excluding hydrogens is 193 g/mol. The van der Waals surface area contributed by atoms with Crippen LogP contribution in [0.4, 0.5) is 4.39 Å². The molecule has 2 heterocycles. The van der Waals surface area contributed by atoms with Crippen LogP contribution in [0.5, 0.6) is 0 Å². The van der Waals surface area contributed by atoms with Crippen LogP contribution in [-0.4, -0.2) is 33.9 Å². The quantitative estimate of drug-likeness (QED) is 0.758. The van der Waals surface area contributed by atoms with Crippen molar-refractivity contribution >= 4 is 0 Å². The fourth-order valence-corrected chi connectivity index (χ4v) is 2.30. The summed E-state index contributed by atoms with van der Waals surface area (Å²) in [7, 11) is 1.95. The van der Waals surface area contributed by atoms with Gasteiger partial charge in [-0.1, -0.05) is 0 Å². The summed E-state index contributed by atoms with van der Waals surface area (Å²) in [6.45, 7) is 3.60. The van der Waals surface area contributed by atoms with E-state index in [1.165, 1.54) is 5.69 Å². The summed E-state index contributed by atoms with van der Waals surface area (Å²) in [5.41, 5.74) is 2.20. The summed E-state index contributed by atoms with van der Waals surface area (Å²) >= 11 is 0. The largest absolute Gasteiger partial charge is 0.292 e. The minimum absolute atomic E-state index is 0.125. The fraction of sp³-hybridized carbons (Fsp3) is 0.727. The summed E-state index contributed by atoms with van der Waals surface area (Å²) in [5, 5.41) is 4.30. The van der Waals surface area contributed by atoms with Crippen molar-refractivity contribution in [2.45, 2.75) is 32.4 Å². The Bertz CT molecular complexity index is 335. The van der Waals surface area contributed by atoms with E-state index < -0.39 is 0 Å². The Morgan fingerprint density at radius 3 is 3.00 bits per heavy atom. The molecule has 0 N–H and O–H groups in total. The number of aromatic nitrogens is 2. The van der Waals surface area contributed by atoms with Crippen molar-refractivity contribution in [3.63, 3.8) is 0 Å². The maximum atomic E-state index is 12.7. The first-order valence-corrected chi connectivity index (χ1v) is 5.50. The van der Waals surface area contributed by atoms with E-state index >= 15 is 0 Å². The maximum absolute atomic E-state index is 12.7. The Hall–Kier alpha value is -0.900. The molecule has 0 saturated carbocycles. The number of hydrogen-bond acceptors (Lipinski definition) is 2. The molecule has 3 nitrogen and oxygen atoms in total. The van der Waals surface area contributed by atoms with Gasteiger partial charge in [-0.15, -0.1) is 0 Å². The van der Waals surface area contributed by atoms with Gasteiger partial charge in [0.2, 0.25) is 0 Å². The van der Waals surface area contributed by atoms with E-state index in [0.29, 0.717) is 0 Å². The third-order valence-electron chi connectivity index (χ3n) is 3.14. The van der Waals surface area contributed by atoms with Gasteiger partial charge in [0.15, 0.2) is 0 Å². The highest BCUT2D eigenvalue weighted by Crippen LogP contribution is 2.20. The van der Waals surface area contributed by atoms with E-state index in [1.54, 1.807) is 0 Å². The molecule has 1 atom stereocenters. The Morgan fingerprint density at radius 2 is 2.40 bits per heavy atom. The standard InChI is InChI=1S/C11H18FN3/c1-9-6-11(14(2)13-9)8-15-5-3-4-10(15)7-12/h6,10H,3-5,7-8H2,1-2H3. The number of nitrogens with zero attached hydrogens (tertiary/aromatic N) is 3. The van der Waals surface area contributed by atoms with E-state index in [0.717, 1.165) is 31.6 Å². The van der Waals surface area contributed by atoms with Gasteiger partial charge in [-0.3, -0.25) is 9.58 Å². The van der Waals surface area contributed by atoms with E-state index in [-0.39, 0.29) is 12.7 Å². The second-order valence-corrected chi connectivity index (χ2v) is 4.32. The predicted molar refractivity (Wildman–Crippen MR) is 57.4 cm³/mol. The van der Waals surface area contributed by atoms with Gasteiger partial charge in [-0.25, -0.2) is 4.39 Å². The van der Waals surface area contributed by atoms with Crippen molar-refractivity contribution in [2.24, 2.45) is 7.05 Å². The summed E-state index contributed by atoms with van der Waals surface area (Å²) in [5.74, 6) is 0. The molecule has 0 radical (unpaired) electrons. The predicted octanol–water partition coefficient (Wildman–Crippen LogP) is 1.66. The molecule has 0 aromatic carbocycles. The number of likely N-dealkylation sites (tertiary alicyclic amines) is 1. The van der Waals surface area contributed by atoms with Crippen molar-refractivity contribution in [3.8, 4) is 0 Å². The van der Waals surface area contributed by atoms with Gasteiger partial charge >= 0.3 is 0 Å². The smallest absolute Gasteiger partial charge is 0.105 e. The SMILES string of the molecule is Cc1cc(CN2CCCC2CF)n(C)n1. The van der Waals surface area contributed by atoms with Crippen LogP contribution in [0.15, 0.2) is 6.07 Å². The van der Waals surface area contributed by atoms with E-state index in [1.807, 2.05) is 18.7 Å². The second-order valence-electron chi connectivity index (χ2n) is 4.32. The normalized spacial score (nSPS) is 22.5. The van der Waals surface area contributed by atoms with Crippen LogP contribution in [0.2, 0.25) is 0 Å². The summed E-state index contributed by atoms with van der Waals surface area (Å²) in [4.78, 5) is 2.22. The lowest BCUT2D eigenvalue weighted by Gasteiger charge is -2.21. The minimum Gasteiger partial charge on any atom is -0.292 e. The molecule has 0 bridgehead atoms. The number of alkyl halides is 1. The Morgan fingerprint density at radius 1 is 1.60 bits per heavy atom. The molecule has 1 aliphatic heterocycles. The average molecular weight is 211 g/mol. The first kappa shape index (κ1) is 10.6. The molecule has 4 heteroatoms. The third kappa shape index (κ3) is 2.20. The first-order chi connectivity index (χ1) is 7.20. The van der Waals surface area contributed by atoms with E-state index in [9.17, 15) is 4.39 Å². The lowest BCUT2D eigenvalue weighted by atomic mass is 10.2. The van der Waals surface area contributed by atoms with Crippen LogP contribution < -0.4 is 0 Å². The zero-order valence-corrected chi connectivity index (χ0v) is 9.41. The topological polar surface area (TPSA) is 21.1 Å². The number of rotatable bonds is 3. The van der Waals surface area contributed by atoms with Crippen LogP contribution in [0, 0.1) is 6.92 Å². The van der Waals surface area contributed by atoms with E-state index in [2.05, 4.69) is 16.1 Å². The maximum Gasteiger partial charge on any atom is 0.105 e. The molecule has 2 rings (SSSR count). The van der Waals surface area contributed by atoms with Gasteiger partial charge in [-0.2, -0.15) is 5.10 Å². The van der Waals surface area contributed by atoms with Crippen molar-refractivity contribution in [2.75, 3.05) is 13.2 Å². The highest BCUT2D eigenvalue weighted by atomic mass is 19.1. The molecule has 0 aliphatic carbocycles. The minimum atomic E-state index is -0.225. The van der Waals surface area contributed by atoms with Crippen LogP contribution in [0.25, 0.3) is 0 Å². The molecule has 1 aromatic heterocycles. The lowest BCUT2D eigenvalue weighted by molar-refractivity contribution is 0.203. The Balaban J connectivity index is 2.05. The monoisotopic (exact) mass is 211 g/mol. The molecule has 1 unspecified atom stereocenters. The van der Waals surface area contributed by atoms with Crippen LogP contribution in [0.3, 0.4) is 0 Å². The lowest BCUT2D eigenvalue weighted by Crippen LogP contribution is -2.31. The zero-order chi connectivity index (χ0) is 10.8. The van der Waals surface area contributed by atoms with Gasteiger partial charge in [0, 0.05) is 19.6 Å². The number of halogens is 1. The number of aryl methyl sites for hydroxylation is 2. The van der Waals surface area contributed by atoms with Crippen LogP contribution >= 0.6 is 0 Å². The van der Waals surface area contributed by atoms with Gasteiger partial charge < -0.3 is 0 Å². The molecule has 0 spiro atoms. The molecule has 1 aromatic rings. The number of hydrogen-bond donors (Lipinski definition) is 0. The van der Waals surface area contributed by atoms with E-state index in [4.69, 9.17) is 0 Å². The van der Waals surface area contributed by atoms with Gasteiger partial charge in [-0.05, 0) is 32.4 Å². The molecule has 0 amide bonds. The highest BCUT2D eigenvalue weighted by molar-refractivity contribution is 5.08. The Labute approximate surface area is 89.9 Å². The molecular formula is C11H18FN3. The van der Waals surface area contributed by atoms with Gasteiger partial charge in [0.05, 0.1) is 11.4 Å². The van der Waals surface area contributed by atoms with Crippen molar-refractivity contribution in [1.82, 2.24) is 14.7 Å². The first-order valence-electron chi connectivity index (χ1n) is 5.50.